The number of hydrogen-bond acceptors (Lipinski definition) is 6. The lowest BCUT2D eigenvalue weighted by molar-refractivity contribution is -0.150. The minimum absolute atomic E-state index is 0.0846. The molecule has 0 aromatic heterocycles. The average molecular weight is 586 g/mol. The Morgan fingerprint density at radius 3 is 2.33 bits per heavy atom. The van der Waals surface area contributed by atoms with Gasteiger partial charge in [0.05, 0.1) is 17.4 Å². The number of aryl methyl sites for hydroxylation is 1. The van der Waals surface area contributed by atoms with Crippen LogP contribution in [0.4, 0.5) is 5.69 Å². The lowest BCUT2D eigenvalue weighted by Crippen LogP contribution is -2.53. The van der Waals surface area contributed by atoms with Crippen molar-refractivity contribution < 1.29 is 22.7 Å². The summed E-state index contributed by atoms with van der Waals surface area (Å²) < 4.78 is 35.9. The van der Waals surface area contributed by atoms with Crippen molar-refractivity contribution in [2.24, 2.45) is 5.92 Å². The van der Waals surface area contributed by atoms with Gasteiger partial charge in [0.1, 0.15) is 0 Å². The van der Waals surface area contributed by atoms with E-state index in [-0.39, 0.29) is 17.4 Å². The summed E-state index contributed by atoms with van der Waals surface area (Å²) in [4.78, 5) is 28.3. The van der Waals surface area contributed by atoms with Crippen molar-refractivity contribution in [3.05, 3.63) is 108 Å². The fourth-order valence-corrected chi connectivity index (χ4v) is 7.05. The summed E-state index contributed by atoms with van der Waals surface area (Å²) in [6.07, 6.45) is 0.456. The summed E-state index contributed by atoms with van der Waals surface area (Å²) in [5, 5.41) is 4.01. The van der Waals surface area contributed by atoms with Gasteiger partial charge in [0.25, 0.3) is 5.91 Å². The molecule has 5 rings (SSSR count). The largest absolute Gasteiger partial charge is 0.466 e. The molecule has 2 N–H and O–H groups in total. The number of anilines is 1. The topological polar surface area (TPSA) is 105 Å². The third-order valence-corrected chi connectivity index (χ3v) is 9.20. The summed E-state index contributed by atoms with van der Waals surface area (Å²) in [5.74, 6) is -1.34. The van der Waals surface area contributed by atoms with E-state index < -0.39 is 28.0 Å². The zero-order valence-corrected chi connectivity index (χ0v) is 24.6. The molecule has 1 amide bonds. The first-order valence-electron chi connectivity index (χ1n) is 14.1. The van der Waals surface area contributed by atoms with Crippen molar-refractivity contribution in [2.45, 2.75) is 37.8 Å². The maximum absolute atomic E-state index is 13.8. The summed E-state index contributed by atoms with van der Waals surface area (Å²) in [6.45, 7) is 5.50. The molecule has 0 unspecified atom stereocenters. The van der Waals surface area contributed by atoms with Crippen LogP contribution in [0.1, 0.15) is 34.8 Å². The highest BCUT2D eigenvalue weighted by molar-refractivity contribution is 7.89. The van der Waals surface area contributed by atoms with E-state index >= 15 is 0 Å². The molecule has 1 fully saturated rings. The van der Waals surface area contributed by atoms with E-state index in [0.717, 1.165) is 11.1 Å². The van der Waals surface area contributed by atoms with Gasteiger partial charge < -0.3 is 10.1 Å². The van der Waals surface area contributed by atoms with E-state index in [0.29, 0.717) is 48.1 Å². The number of benzene rings is 4. The highest BCUT2D eigenvalue weighted by atomic mass is 32.2. The minimum Gasteiger partial charge on any atom is -0.466 e. The van der Waals surface area contributed by atoms with E-state index in [4.69, 9.17) is 4.74 Å². The number of hydrogen-bond donors (Lipinski definition) is 2. The number of fused-ring (bicyclic) bond motifs is 1. The molecule has 0 radical (unpaired) electrons. The monoisotopic (exact) mass is 585 g/mol. The van der Waals surface area contributed by atoms with Crippen LogP contribution in [-0.2, 0) is 26.1 Å². The Balaban J connectivity index is 1.40. The van der Waals surface area contributed by atoms with Crippen molar-refractivity contribution in [1.29, 1.82) is 0 Å². The number of carbonyl (C=O) groups is 2. The van der Waals surface area contributed by atoms with Crippen molar-refractivity contribution in [2.75, 3.05) is 25.0 Å². The van der Waals surface area contributed by atoms with Gasteiger partial charge in [-0.1, -0.05) is 72.8 Å². The molecule has 0 spiro atoms. The molecule has 1 aliphatic rings. The Bertz CT molecular complexity index is 1690. The quantitative estimate of drug-likeness (QED) is 0.264. The summed E-state index contributed by atoms with van der Waals surface area (Å²) in [7, 11) is -4.04. The minimum atomic E-state index is -4.04. The van der Waals surface area contributed by atoms with E-state index in [1.54, 1.807) is 49.4 Å². The number of sulfonamides is 1. The summed E-state index contributed by atoms with van der Waals surface area (Å²) in [6, 6.07) is 26.8. The number of piperidine rings is 1. The zero-order chi connectivity index (χ0) is 29.7. The Kier molecular flexibility index (Phi) is 9.01. The first-order valence-corrected chi connectivity index (χ1v) is 15.6. The highest BCUT2D eigenvalue weighted by Crippen LogP contribution is 2.31. The van der Waals surface area contributed by atoms with Crippen LogP contribution in [-0.4, -0.2) is 50.9 Å². The zero-order valence-electron chi connectivity index (χ0n) is 23.7. The smallest absolute Gasteiger partial charge is 0.311 e. The number of amides is 1. The number of ether oxygens (including phenoxy) is 1. The second kappa shape index (κ2) is 12.9. The van der Waals surface area contributed by atoms with E-state index in [9.17, 15) is 18.0 Å². The molecule has 1 aliphatic heterocycles. The molecular formula is C33H35N3O5S. The van der Waals surface area contributed by atoms with Crippen LogP contribution in [0.5, 0.6) is 0 Å². The van der Waals surface area contributed by atoms with Gasteiger partial charge in [0, 0.05) is 47.7 Å². The lowest BCUT2D eigenvalue weighted by Gasteiger charge is -2.37. The maximum atomic E-state index is 13.8. The van der Waals surface area contributed by atoms with E-state index in [1.807, 2.05) is 49.4 Å². The number of carbonyl (C=O) groups excluding carboxylic acids is 2. The predicted molar refractivity (Wildman–Crippen MR) is 164 cm³/mol. The molecule has 0 aliphatic carbocycles. The van der Waals surface area contributed by atoms with Crippen molar-refractivity contribution in [1.82, 2.24) is 9.62 Å². The Morgan fingerprint density at radius 1 is 0.905 bits per heavy atom. The molecule has 1 heterocycles. The van der Waals surface area contributed by atoms with Gasteiger partial charge in [-0.3, -0.25) is 14.5 Å². The number of nitrogens with one attached hydrogen (secondary N) is 2. The number of nitrogens with zero attached hydrogens (tertiary/aromatic N) is 1. The molecule has 4 aromatic rings. The maximum Gasteiger partial charge on any atom is 0.311 e. The van der Waals surface area contributed by atoms with Crippen molar-refractivity contribution >= 4 is 38.4 Å². The van der Waals surface area contributed by atoms with Crippen LogP contribution in [0, 0.1) is 12.8 Å². The van der Waals surface area contributed by atoms with Crippen LogP contribution in [0.2, 0.25) is 0 Å². The fraction of sp³-hybridized carbons (Fsp3) is 0.273. The first-order chi connectivity index (χ1) is 20.3. The van der Waals surface area contributed by atoms with Gasteiger partial charge in [0.2, 0.25) is 10.0 Å². The van der Waals surface area contributed by atoms with Crippen LogP contribution in [0.25, 0.3) is 10.8 Å². The van der Waals surface area contributed by atoms with Crippen LogP contribution in [0.15, 0.2) is 95.9 Å². The fourth-order valence-electron chi connectivity index (χ4n) is 5.53. The molecule has 2 atom stereocenters. The lowest BCUT2D eigenvalue weighted by atomic mass is 9.92. The number of rotatable bonds is 9. The predicted octanol–water partition coefficient (Wildman–Crippen LogP) is 5.13. The number of esters is 1. The summed E-state index contributed by atoms with van der Waals surface area (Å²) in [5.41, 5.74) is 3.02. The standard InChI is InChI=1S/C33H35N3O5S/c1-3-41-33(38)28-22-36(21-24-12-5-4-6-13-24)20-19-30(28)35-42(39,40)31-18-17-29(26-15-9-10-16-27(26)31)34-32(37)25-14-8-7-11-23(25)2/h4-18,28,30,35H,3,19-22H2,1-2H3,(H,34,37)/t28-,30+/m0/s1. The number of likely N-dealkylation sites (tertiary alicyclic amines) is 1. The van der Waals surface area contributed by atoms with Gasteiger partial charge >= 0.3 is 5.97 Å². The third-order valence-electron chi connectivity index (χ3n) is 7.65. The van der Waals surface area contributed by atoms with Gasteiger partial charge in [-0.2, -0.15) is 0 Å². The average Bonchev–Trinajstić information content (AvgIpc) is 2.98. The molecule has 4 aromatic carbocycles. The molecule has 1 saturated heterocycles. The Hall–Kier alpha value is -4.05. The third kappa shape index (κ3) is 6.54. The molecule has 0 bridgehead atoms. The molecular weight excluding hydrogens is 550 g/mol. The second-order valence-electron chi connectivity index (χ2n) is 10.5. The SMILES string of the molecule is CCOC(=O)[C@H]1CN(Cc2ccccc2)CC[C@H]1NS(=O)(=O)c1ccc(NC(=O)c2ccccc2C)c2ccccc12. The van der Waals surface area contributed by atoms with Gasteiger partial charge in [-0.05, 0) is 49.6 Å². The highest BCUT2D eigenvalue weighted by Gasteiger charge is 2.38. The second-order valence-corrected chi connectivity index (χ2v) is 12.2. The van der Waals surface area contributed by atoms with Crippen molar-refractivity contribution in [3.63, 3.8) is 0 Å². The first kappa shape index (κ1) is 29.4. The van der Waals surface area contributed by atoms with Crippen LogP contribution >= 0.6 is 0 Å². The van der Waals surface area contributed by atoms with E-state index in [1.165, 1.54) is 6.07 Å². The molecule has 218 valence electrons. The van der Waals surface area contributed by atoms with Gasteiger partial charge in [-0.15, -0.1) is 0 Å². The molecule has 9 heteroatoms. The molecule has 42 heavy (non-hydrogen) atoms. The van der Waals surface area contributed by atoms with Gasteiger partial charge in [-0.25, -0.2) is 13.1 Å². The summed E-state index contributed by atoms with van der Waals surface area (Å²) >= 11 is 0. The molecule has 0 saturated carbocycles. The van der Waals surface area contributed by atoms with Crippen molar-refractivity contribution in [3.8, 4) is 0 Å². The normalized spacial score (nSPS) is 17.6. The molecule has 8 nitrogen and oxygen atoms in total. The van der Waals surface area contributed by atoms with E-state index in [2.05, 4.69) is 14.9 Å². The Labute approximate surface area is 246 Å². The van der Waals surface area contributed by atoms with Crippen LogP contribution < -0.4 is 10.0 Å². The Morgan fingerprint density at radius 2 is 1.60 bits per heavy atom. The van der Waals surface area contributed by atoms with Gasteiger partial charge in [0.15, 0.2) is 0 Å². The van der Waals surface area contributed by atoms with Crippen LogP contribution in [0.3, 0.4) is 0 Å².